The number of benzene rings is 2. The highest BCUT2D eigenvalue weighted by molar-refractivity contribution is 5.89. The summed E-state index contributed by atoms with van der Waals surface area (Å²) in [7, 11) is 3.89. The van der Waals surface area contributed by atoms with Crippen molar-refractivity contribution in [3.05, 3.63) is 55.1 Å². The van der Waals surface area contributed by atoms with Gasteiger partial charge in [0.05, 0.1) is 37.1 Å². The van der Waals surface area contributed by atoms with Crippen LogP contribution in [-0.2, 0) is 23.6 Å². The quantitative estimate of drug-likeness (QED) is 0.374. The van der Waals surface area contributed by atoms with Gasteiger partial charge in [-0.3, -0.25) is 4.68 Å². The van der Waals surface area contributed by atoms with E-state index in [0.29, 0.717) is 13.2 Å². The summed E-state index contributed by atoms with van der Waals surface area (Å²) < 4.78 is 27.1. The van der Waals surface area contributed by atoms with E-state index >= 15 is 0 Å². The topological polar surface area (TPSA) is 72.6 Å². The number of ether oxygens (including phenoxy) is 4. The molecule has 0 saturated carbocycles. The summed E-state index contributed by atoms with van der Waals surface area (Å²) in [6, 6.07) is 11.8. The Balaban J connectivity index is 1.26. The smallest absolute Gasteiger partial charge is 0.153 e. The number of hydrogen-bond donors (Lipinski definition) is 0. The molecule has 0 amide bonds. The summed E-state index contributed by atoms with van der Waals surface area (Å²) in [4.78, 5) is 4.24. The van der Waals surface area contributed by atoms with Crippen LogP contribution in [0.4, 0.5) is 0 Å². The van der Waals surface area contributed by atoms with Crippen molar-refractivity contribution in [1.82, 2.24) is 19.3 Å². The predicted molar refractivity (Wildman–Crippen MR) is 125 cm³/mol. The lowest BCUT2D eigenvalue weighted by Gasteiger charge is -2.22. The van der Waals surface area contributed by atoms with Gasteiger partial charge in [-0.05, 0) is 49.2 Å². The van der Waals surface area contributed by atoms with Crippen molar-refractivity contribution in [2.24, 2.45) is 14.1 Å². The Labute approximate surface area is 192 Å². The van der Waals surface area contributed by atoms with Crippen LogP contribution in [0.1, 0.15) is 12.8 Å². The van der Waals surface area contributed by atoms with Gasteiger partial charge in [-0.25, -0.2) is 4.98 Å². The van der Waals surface area contributed by atoms with Gasteiger partial charge in [-0.15, -0.1) is 0 Å². The third kappa shape index (κ3) is 4.86. The van der Waals surface area contributed by atoms with Crippen molar-refractivity contribution in [2.45, 2.75) is 18.9 Å². The molecule has 1 aliphatic heterocycles. The van der Waals surface area contributed by atoms with Crippen LogP contribution in [0.15, 0.2) is 55.1 Å². The van der Waals surface area contributed by atoms with Gasteiger partial charge in [-0.1, -0.05) is 0 Å². The van der Waals surface area contributed by atoms with Crippen LogP contribution in [0.5, 0.6) is 17.2 Å². The number of aryl methyl sites for hydroxylation is 2. The summed E-state index contributed by atoms with van der Waals surface area (Å²) in [5.74, 6) is 2.25. The van der Waals surface area contributed by atoms with Crippen molar-refractivity contribution in [3.8, 4) is 28.5 Å². The summed E-state index contributed by atoms with van der Waals surface area (Å²) in [6.45, 7) is 2.65. The molecule has 0 bridgehead atoms. The van der Waals surface area contributed by atoms with Crippen LogP contribution in [0.3, 0.4) is 0 Å². The minimum Gasteiger partial charge on any atom is -0.491 e. The van der Waals surface area contributed by atoms with E-state index < -0.39 is 0 Å². The average molecular weight is 449 g/mol. The van der Waals surface area contributed by atoms with E-state index in [1.165, 1.54) is 0 Å². The van der Waals surface area contributed by atoms with Crippen molar-refractivity contribution in [3.63, 3.8) is 0 Å². The highest BCUT2D eigenvalue weighted by Gasteiger charge is 2.15. The number of aromatic nitrogens is 4. The molecule has 4 aromatic rings. The summed E-state index contributed by atoms with van der Waals surface area (Å²) in [6.07, 6.45) is 7.68. The third-order valence-corrected chi connectivity index (χ3v) is 5.84. The van der Waals surface area contributed by atoms with Gasteiger partial charge in [0.15, 0.2) is 5.75 Å². The fourth-order valence-electron chi connectivity index (χ4n) is 4.09. The number of hydrogen-bond acceptors (Lipinski definition) is 6. The average Bonchev–Trinajstić information content (AvgIpc) is 3.44. The normalized spacial score (nSPS) is 14.6. The maximum absolute atomic E-state index is 6.29. The van der Waals surface area contributed by atoms with E-state index in [9.17, 15) is 0 Å². The number of fused-ring (bicyclic) bond motifs is 1. The van der Waals surface area contributed by atoms with Gasteiger partial charge in [-0.2, -0.15) is 5.10 Å². The van der Waals surface area contributed by atoms with Crippen molar-refractivity contribution in [1.29, 1.82) is 0 Å². The number of rotatable bonds is 8. The molecular formula is C25H28N4O4. The van der Waals surface area contributed by atoms with Crippen LogP contribution in [-0.4, -0.2) is 51.9 Å². The Kier molecular flexibility index (Phi) is 6.28. The van der Waals surface area contributed by atoms with E-state index in [2.05, 4.69) is 16.1 Å². The molecule has 2 aromatic heterocycles. The Morgan fingerprint density at radius 2 is 1.79 bits per heavy atom. The lowest BCUT2D eigenvalue weighted by atomic mass is 10.1. The molecule has 33 heavy (non-hydrogen) atoms. The van der Waals surface area contributed by atoms with E-state index in [1.807, 2.05) is 66.1 Å². The molecule has 1 aliphatic rings. The molecule has 0 spiro atoms. The van der Waals surface area contributed by atoms with Gasteiger partial charge >= 0.3 is 0 Å². The molecule has 0 atom stereocenters. The summed E-state index contributed by atoms with van der Waals surface area (Å²) in [5, 5.41) is 5.42. The number of imidazole rings is 1. The monoisotopic (exact) mass is 448 g/mol. The van der Waals surface area contributed by atoms with Crippen LogP contribution in [0.25, 0.3) is 22.2 Å². The standard InChI is InChI=1S/C25H28N4O4/c1-28-17-26-16-23(28)18-13-19-15-27-29(2)25(19)24(14-18)33-22-5-3-20(4-6-22)31-11-12-32-21-7-9-30-10-8-21/h3-6,13-17,21H,7-12H2,1-2H3. The van der Waals surface area contributed by atoms with Crippen LogP contribution in [0, 0.1) is 0 Å². The first kappa shape index (κ1) is 21.5. The summed E-state index contributed by atoms with van der Waals surface area (Å²) in [5.41, 5.74) is 2.97. The van der Waals surface area contributed by atoms with Gasteiger partial charge in [0.1, 0.15) is 23.6 Å². The molecule has 8 heteroatoms. The molecule has 0 unspecified atom stereocenters. The highest BCUT2D eigenvalue weighted by atomic mass is 16.5. The second-order valence-electron chi connectivity index (χ2n) is 8.17. The van der Waals surface area contributed by atoms with Gasteiger partial charge < -0.3 is 23.5 Å². The molecule has 1 fully saturated rings. The van der Waals surface area contributed by atoms with Crippen molar-refractivity contribution < 1.29 is 18.9 Å². The second-order valence-corrected chi connectivity index (χ2v) is 8.17. The molecular weight excluding hydrogens is 420 g/mol. The van der Waals surface area contributed by atoms with E-state index in [-0.39, 0.29) is 6.10 Å². The van der Waals surface area contributed by atoms with E-state index in [1.54, 1.807) is 6.33 Å². The van der Waals surface area contributed by atoms with E-state index in [0.717, 1.165) is 65.5 Å². The molecule has 8 nitrogen and oxygen atoms in total. The third-order valence-electron chi connectivity index (χ3n) is 5.84. The molecule has 5 rings (SSSR count). The van der Waals surface area contributed by atoms with E-state index in [4.69, 9.17) is 18.9 Å². The second kappa shape index (κ2) is 9.64. The molecule has 0 radical (unpaired) electrons. The molecule has 3 heterocycles. The minimum absolute atomic E-state index is 0.282. The van der Waals surface area contributed by atoms with Crippen LogP contribution in [0.2, 0.25) is 0 Å². The zero-order valence-electron chi connectivity index (χ0n) is 18.9. The Bertz CT molecular complexity index is 1210. The molecule has 172 valence electrons. The fourth-order valence-corrected chi connectivity index (χ4v) is 4.09. The molecule has 0 N–H and O–H groups in total. The molecule has 1 saturated heterocycles. The first-order valence-corrected chi connectivity index (χ1v) is 11.2. The number of nitrogens with zero attached hydrogens (tertiary/aromatic N) is 4. The van der Waals surface area contributed by atoms with Crippen LogP contribution < -0.4 is 9.47 Å². The largest absolute Gasteiger partial charge is 0.491 e. The fraction of sp³-hybridized carbons (Fsp3) is 0.360. The first-order chi connectivity index (χ1) is 16.2. The zero-order chi connectivity index (χ0) is 22.6. The maximum atomic E-state index is 6.29. The molecule has 2 aromatic carbocycles. The van der Waals surface area contributed by atoms with Gasteiger partial charge in [0.2, 0.25) is 0 Å². The first-order valence-electron chi connectivity index (χ1n) is 11.2. The predicted octanol–water partition coefficient (Wildman–Crippen LogP) is 4.34. The Morgan fingerprint density at radius 1 is 1.00 bits per heavy atom. The highest BCUT2D eigenvalue weighted by Crippen LogP contribution is 2.35. The van der Waals surface area contributed by atoms with Crippen LogP contribution >= 0.6 is 0 Å². The minimum atomic E-state index is 0.282. The molecule has 0 aliphatic carbocycles. The van der Waals surface area contributed by atoms with Gasteiger partial charge in [0, 0.05) is 38.3 Å². The Hall–Kier alpha value is -3.36. The zero-order valence-corrected chi connectivity index (χ0v) is 18.9. The maximum Gasteiger partial charge on any atom is 0.153 e. The van der Waals surface area contributed by atoms with Gasteiger partial charge in [0.25, 0.3) is 0 Å². The lowest BCUT2D eigenvalue weighted by molar-refractivity contribution is -0.0388. The van der Waals surface area contributed by atoms with Crippen molar-refractivity contribution >= 4 is 10.9 Å². The van der Waals surface area contributed by atoms with Crippen molar-refractivity contribution in [2.75, 3.05) is 26.4 Å². The SMILES string of the molecule is Cn1cncc1-c1cc(Oc2ccc(OCCOC3CCOCC3)cc2)c2c(cnn2C)c1. The Morgan fingerprint density at radius 3 is 2.55 bits per heavy atom. The summed E-state index contributed by atoms with van der Waals surface area (Å²) >= 11 is 0. The lowest BCUT2D eigenvalue weighted by Crippen LogP contribution is -2.25.